The van der Waals surface area contributed by atoms with E-state index < -0.39 is 0 Å². The van der Waals surface area contributed by atoms with Crippen molar-refractivity contribution in [2.75, 3.05) is 0 Å². The van der Waals surface area contributed by atoms with Crippen molar-refractivity contribution in [3.05, 3.63) is 41.0 Å². The van der Waals surface area contributed by atoms with Crippen molar-refractivity contribution in [2.24, 2.45) is 5.73 Å². The summed E-state index contributed by atoms with van der Waals surface area (Å²) in [6.45, 7) is 2.01. The first kappa shape index (κ1) is 11.9. The summed E-state index contributed by atoms with van der Waals surface area (Å²) in [6, 6.07) is 6.77. The van der Waals surface area contributed by atoms with Gasteiger partial charge < -0.3 is 15.0 Å². The lowest BCUT2D eigenvalue weighted by molar-refractivity contribution is 0.284. The molecule has 0 saturated carbocycles. The minimum atomic E-state index is -0.271. The highest BCUT2D eigenvalue weighted by atomic mass is 35.5. The van der Waals surface area contributed by atoms with Crippen molar-refractivity contribution >= 4 is 11.6 Å². The second-order valence-electron chi connectivity index (χ2n) is 3.58. The first-order valence-corrected chi connectivity index (χ1v) is 5.49. The van der Waals surface area contributed by atoms with Crippen LogP contribution in [0.25, 0.3) is 0 Å². The predicted molar refractivity (Wildman–Crippen MR) is 62.7 cm³/mol. The van der Waals surface area contributed by atoms with Crippen molar-refractivity contribution < 1.29 is 9.26 Å². The molecule has 1 atom stereocenters. The van der Waals surface area contributed by atoms with E-state index >= 15 is 0 Å². The minimum Gasteiger partial charge on any atom is -0.485 e. The van der Waals surface area contributed by atoms with Crippen molar-refractivity contribution in [3.8, 4) is 5.75 Å². The van der Waals surface area contributed by atoms with E-state index in [2.05, 4.69) is 10.1 Å². The zero-order chi connectivity index (χ0) is 12.3. The van der Waals surface area contributed by atoms with E-state index in [0.29, 0.717) is 22.5 Å². The number of nitrogens with zero attached hydrogens (tertiary/aromatic N) is 2. The maximum Gasteiger partial charge on any atom is 0.243 e. The molecule has 0 aliphatic carbocycles. The van der Waals surface area contributed by atoms with Crippen LogP contribution in [0.2, 0.25) is 5.02 Å². The van der Waals surface area contributed by atoms with Crippen LogP contribution in [-0.2, 0) is 6.61 Å². The lowest BCUT2D eigenvalue weighted by Gasteiger charge is -2.02. The van der Waals surface area contributed by atoms with Crippen molar-refractivity contribution in [3.63, 3.8) is 0 Å². The molecule has 2 N–H and O–H groups in total. The van der Waals surface area contributed by atoms with Gasteiger partial charge in [-0.25, -0.2) is 0 Å². The monoisotopic (exact) mass is 253 g/mol. The standard InChI is InChI=1S/C11H12ClN3O2/c1-7(13)11-14-10(15-17-11)6-16-9-4-2-8(12)3-5-9/h2-5,7H,6,13H2,1H3. The Morgan fingerprint density at radius 3 is 2.71 bits per heavy atom. The van der Waals surface area contributed by atoms with Crippen LogP contribution in [0.3, 0.4) is 0 Å². The maximum absolute atomic E-state index is 5.76. The third-order valence-electron chi connectivity index (χ3n) is 2.05. The topological polar surface area (TPSA) is 74.2 Å². The van der Waals surface area contributed by atoms with Crippen molar-refractivity contribution in [1.29, 1.82) is 0 Å². The number of rotatable bonds is 4. The van der Waals surface area contributed by atoms with E-state index in [1.165, 1.54) is 0 Å². The molecule has 1 unspecified atom stereocenters. The fourth-order valence-electron chi connectivity index (χ4n) is 1.19. The number of ether oxygens (including phenoxy) is 1. The van der Waals surface area contributed by atoms with Gasteiger partial charge >= 0.3 is 0 Å². The third kappa shape index (κ3) is 3.18. The van der Waals surface area contributed by atoms with Crippen LogP contribution in [0.15, 0.2) is 28.8 Å². The van der Waals surface area contributed by atoms with Crippen molar-refractivity contribution in [2.45, 2.75) is 19.6 Å². The fourth-order valence-corrected chi connectivity index (χ4v) is 1.32. The molecule has 5 nitrogen and oxygen atoms in total. The number of aromatic nitrogens is 2. The number of benzene rings is 1. The molecular weight excluding hydrogens is 242 g/mol. The smallest absolute Gasteiger partial charge is 0.243 e. The van der Waals surface area contributed by atoms with Gasteiger partial charge in [-0.15, -0.1) is 0 Å². The van der Waals surface area contributed by atoms with Gasteiger partial charge in [-0.1, -0.05) is 16.8 Å². The third-order valence-corrected chi connectivity index (χ3v) is 2.31. The van der Waals surface area contributed by atoms with Crippen LogP contribution < -0.4 is 10.5 Å². The molecule has 0 bridgehead atoms. The van der Waals surface area contributed by atoms with Crippen molar-refractivity contribution in [1.82, 2.24) is 10.1 Å². The summed E-state index contributed by atoms with van der Waals surface area (Å²) in [4.78, 5) is 4.09. The Labute approximate surface area is 104 Å². The zero-order valence-corrected chi connectivity index (χ0v) is 10.0. The molecule has 6 heteroatoms. The van der Waals surface area contributed by atoms with Gasteiger partial charge in [-0.2, -0.15) is 4.98 Å². The highest BCUT2D eigenvalue weighted by Gasteiger charge is 2.10. The van der Waals surface area contributed by atoms with Gasteiger partial charge in [0, 0.05) is 5.02 Å². The van der Waals surface area contributed by atoms with Crippen LogP contribution >= 0.6 is 11.6 Å². The summed E-state index contributed by atoms with van der Waals surface area (Å²) in [5, 5.41) is 4.42. The molecule has 1 aromatic heterocycles. The van der Waals surface area contributed by atoms with Gasteiger partial charge in [0.15, 0.2) is 6.61 Å². The Morgan fingerprint density at radius 2 is 2.12 bits per heavy atom. The first-order valence-electron chi connectivity index (χ1n) is 5.11. The predicted octanol–water partition coefficient (Wildman–Crippen LogP) is 2.32. The minimum absolute atomic E-state index is 0.234. The highest BCUT2D eigenvalue weighted by Crippen LogP contribution is 2.16. The molecule has 0 aliphatic heterocycles. The summed E-state index contributed by atoms with van der Waals surface area (Å²) < 4.78 is 10.4. The van der Waals surface area contributed by atoms with Crippen LogP contribution in [0.1, 0.15) is 24.7 Å². The van der Waals surface area contributed by atoms with E-state index in [-0.39, 0.29) is 12.6 Å². The molecule has 1 heterocycles. The van der Waals surface area contributed by atoms with Gasteiger partial charge in [0.2, 0.25) is 11.7 Å². The zero-order valence-electron chi connectivity index (χ0n) is 9.26. The molecule has 0 aliphatic rings. The fraction of sp³-hybridized carbons (Fsp3) is 0.273. The Hall–Kier alpha value is -1.59. The highest BCUT2D eigenvalue weighted by molar-refractivity contribution is 6.30. The van der Waals surface area contributed by atoms with E-state index in [1.807, 2.05) is 0 Å². The Kier molecular flexibility index (Phi) is 3.61. The number of halogens is 1. The molecule has 0 fully saturated rings. The Bertz CT molecular complexity index is 482. The van der Waals surface area contributed by atoms with E-state index in [0.717, 1.165) is 0 Å². The van der Waals surface area contributed by atoms with Crippen LogP contribution in [0.4, 0.5) is 0 Å². The maximum atomic E-state index is 5.76. The largest absolute Gasteiger partial charge is 0.485 e. The van der Waals surface area contributed by atoms with Gasteiger partial charge in [0.1, 0.15) is 5.75 Å². The summed E-state index contributed by atoms with van der Waals surface area (Å²) in [7, 11) is 0. The lowest BCUT2D eigenvalue weighted by Crippen LogP contribution is -2.05. The van der Waals surface area contributed by atoms with E-state index in [1.54, 1.807) is 31.2 Å². The molecule has 2 rings (SSSR count). The van der Waals surface area contributed by atoms with Gasteiger partial charge in [0.05, 0.1) is 6.04 Å². The molecule has 1 aromatic carbocycles. The average molecular weight is 254 g/mol. The van der Waals surface area contributed by atoms with Crippen LogP contribution in [0, 0.1) is 0 Å². The number of nitrogens with two attached hydrogens (primary N) is 1. The summed E-state index contributed by atoms with van der Waals surface area (Å²) in [6.07, 6.45) is 0. The summed E-state index contributed by atoms with van der Waals surface area (Å²) in [5.41, 5.74) is 5.60. The molecule has 90 valence electrons. The molecule has 0 radical (unpaired) electrons. The SMILES string of the molecule is CC(N)c1nc(COc2ccc(Cl)cc2)no1. The van der Waals surface area contributed by atoms with Gasteiger partial charge in [-0.05, 0) is 31.2 Å². The average Bonchev–Trinajstić information content (AvgIpc) is 2.77. The summed E-state index contributed by atoms with van der Waals surface area (Å²) >= 11 is 5.76. The van der Waals surface area contributed by atoms with Crippen LogP contribution in [0.5, 0.6) is 5.75 Å². The summed E-state index contributed by atoms with van der Waals surface area (Å²) in [5.74, 6) is 1.56. The normalized spacial score (nSPS) is 12.4. The second-order valence-corrected chi connectivity index (χ2v) is 4.02. The number of hydrogen-bond acceptors (Lipinski definition) is 5. The first-order chi connectivity index (χ1) is 8.15. The molecular formula is C11H12ClN3O2. The lowest BCUT2D eigenvalue weighted by atomic mass is 10.3. The van der Waals surface area contributed by atoms with Crippen LogP contribution in [-0.4, -0.2) is 10.1 Å². The molecule has 0 saturated heterocycles. The molecule has 0 spiro atoms. The Morgan fingerprint density at radius 1 is 1.41 bits per heavy atom. The molecule has 17 heavy (non-hydrogen) atoms. The van der Waals surface area contributed by atoms with E-state index in [9.17, 15) is 0 Å². The molecule has 0 amide bonds. The van der Waals surface area contributed by atoms with Gasteiger partial charge in [-0.3, -0.25) is 0 Å². The molecule has 2 aromatic rings. The van der Waals surface area contributed by atoms with Gasteiger partial charge in [0.25, 0.3) is 0 Å². The quantitative estimate of drug-likeness (QED) is 0.905. The van der Waals surface area contributed by atoms with E-state index in [4.69, 9.17) is 26.6 Å². The Balaban J connectivity index is 1.95. The number of hydrogen-bond donors (Lipinski definition) is 1. The second kappa shape index (κ2) is 5.16.